The van der Waals surface area contributed by atoms with Gasteiger partial charge in [0.2, 0.25) is 0 Å². The van der Waals surface area contributed by atoms with Crippen LogP contribution in [-0.4, -0.2) is 280 Å². The molecule has 452 valence electrons. The summed E-state index contributed by atoms with van der Waals surface area (Å²) in [5.41, 5.74) is -2.36. The van der Waals surface area contributed by atoms with Crippen LogP contribution in [0, 0.1) is 21.7 Å². The third kappa shape index (κ3) is 26.5. The molecule has 0 aliphatic carbocycles. The van der Waals surface area contributed by atoms with Crippen LogP contribution in [0.25, 0.3) is 0 Å². The maximum Gasteiger partial charge on any atom is 0.187 e. The summed E-state index contributed by atoms with van der Waals surface area (Å²) in [5, 5.41) is 208. The van der Waals surface area contributed by atoms with Crippen molar-refractivity contribution in [3.63, 3.8) is 0 Å². The Bertz CT molecular complexity index is 1280. The summed E-state index contributed by atoms with van der Waals surface area (Å²) >= 11 is 0. The second-order valence-corrected chi connectivity index (χ2v) is 21.5. The van der Waals surface area contributed by atoms with Crippen LogP contribution in [0.1, 0.15) is 120 Å². The van der Waals surface area contributed by atoms with Gasteiger partial charge >= 0.3 is 0 Å². The quantitative estimate of drug-likeness (QED) is 0.0690. The van der Waals surface area contributed by atoms with E-state index in [1.54, 1.807) is 62.3 Å². The number of ether oxygens (including phenoxy) is 3. The number of hydrogen-bond acceptors (Lipinski definition) is 25. The third-order valence-electron chi connectivity index (χ3n) is 11.3. The van der Waals surface area contributed by atoms with Gasteiger partial charge in [-0.15, -0.1) is 0 Å². The molecule has 2 fully saturated rings. The molecule has 2 rings (SSSR count). The van der Waals surface area contributed by atoms with Crippen LogP contribution in [-0.2, 0) is 14.2 Å². The largest absolute Gasteiger partial charge is 0.394 e. The van der Waals surface area contributed by atoms with Crippen molar-refractivity contribution in [3.8, 4) is 0 Å². The van der Waals surface area contributed by atoms with Gasteiger partial charge in [0.1, 0.15) is 104 Å². The Morgan fingerprint density at radius 2 is 0.658 bits per heavy atom. The topological polar surface area (TPSA) is 473 Å². The molecule has 73 heavy (non-hydrogen) atoms. The highest BCUT2D eigenvalue weighted by Crippen LogP contribution is 2.33. The van der Waals surface area contributed by atoms with E-state index in [-0.39, 0.29) is 49.2 Å². The fraction of sp³-hybridized carbons (Fsp3) is 1.00. The van der Waals surface area contributed by atoms with Crippen molar-refractivity contribution in [2.75, 3.05) is 33.0 Å². The molecule has 0 radical (unpaired) electrons. The van der Waals surface area contributed by atoms with Crippen molar-refractivity contribution in [2.24, 2.45) is 21.7 Å². The second kappa shape index (κ2) is 37.0. The summed E-state index contributed by atoms with van der Waals surface area (Å²) in [6.45, 7) is 17.5. The van der Waals surface area contributed by atoms with Crippen molar-refractivity contribution in [2.45, 2.75) is 255 Å². The van der Waals surface area contributed by atoms with E-state index in [2.05, 4.69) is 0 Å². The molecule has 0 spiro atoms. The summed E-state index contributed by atoms with van der Waals surface area (Å²) in [6, 6.07) is 0. The average molecular weight is 1090 g/mol. The lowest BCUT2D eigenvalue weighted by Crippen LogP contribution is -2.62. The highest BCUT2D eigenvalue weighted by atomic mass is 16.7. The molecule has 2 aliphatic heterocycles. The molecular formula is C48H110O25. The zero-order valence-corrected chi connectivity index (χ0v) is 41.3. The molecule has 0 amide bonds. The van der Waals surface area contributed by atoms with Gasteiger partial charge in [-0.1, -0.05) is 120 Å². The predicted molar refractivity (Wildman–Crippen MR) is 271 cm³/mol. The van der Waals surface area contributed by atoms with E-state index in [4.69, 9.17) is 44.8 Å². The van der Waals surface area contributed by atoms with Crippen molar-refractivity contribution in [1.29, 1.82) is 0 Å². The van der Waals surface area contributed by atoms with Crippen LogP contribution in [0.4, 0.5) is 0 Å². The smallest absolute Gasteiger partial charge is 0.187 e. The first-order chi connectivity index (χ1) is 30.7. The molecule has 0 aromatic rings. The second-order valence-electron chi connectivity index (χ2n) is 21.5. The van der Waals surface area contributed by atoms with E-state index in [1.807, 2.05) is 20.8 Å². The molecule has 0 aromatic heterocycles. The first-order valence-electron chi connectivity index (χ1n) is 22.2. The van der Waals surface area contributed by atoms with Gasteiger partial charge in [0.05, 0.1) is 57.5 Å². The zero-order valence-electron chi connectivity index (χ0n) is 41.3. The normalized spacial score (nSPS) is 29.3. The summed E-state index contributed by atoms with van der Waals surface area (Å²) in [4.78, 5) is 0. The SMILES string of the molecule is C.C.C.C.C.CC(C)(C)[C@@H]1OC(CO)[C@H](O)[C@H](O)C1O.CC(C)(C)[C@H](O)[C@@H](O)[C@@H](O)[C@H](O)CO.CC(C)(C)[C@H](O)[C@@H](O)[C@H](O)[C@H](O)CO.CC(C)(C)[C@H](O)[C@@H](O)[C@H](O[C@@H]1OC(CO)[C@H](O)[C@H](O)C1O)[C@H](O)CO. The van der Waals surface area contributed by atoms with Gasteiger partial charge in [0.25, 0.3) is 0 Å². The Morgan fingerprint density at radius 1 is 0.370 bits per heavy atom. The Morgan fingerprint density at radius 3 is 0.932 bits per heavy atom. The van der Waals surface area contributed by atoms with Gasteiger partial charge in [-0.2, -0.15) is 0 Å². The summed E-state index contributed by atoms with van der Waals surface area (Å²) in [6.07, 6.45) is -30.5. The van der Waals surface area contributed by atoms with Gasteiger partial charge in [0, 0.05) is 0 Å². The van der Waals surface area contributed by atoms with Crippen LogP contribution in [0.15, 0.2) is 0 Å². The van der Waals surface area contributed by atoms with Crippen LogP contribution in [0.5, 0.6) is 0 Å². The lowest BCUT2D eigenvalue weighted by Gasteiger charge is -2.45. The van der Waals surface area contributed by atoms with E-state index >= 15 is 0 Å². The molecule has 22 atom stereocenters. The highest BCUT2D eigenvalue weighted by molar-refractivity contribution is 4.97. The maximum absolute atomic E-state index is 10.3. The summed E-state index contributed by atoms with van der Waals surface area (Å²) < 4.78 is 15.8. The predicted octanol–water partition coefficient (Wildman–Crippen LogP) is -4.72. The molecule has 22 N–H and O–H groups in total. The van der Waals surface area contributed by atoms with Crippen molar-refractivity contribution in [3.05, 3.63) is 0 Å². The minimum absolute atomic E-state index is 0. The number of hydrogen-bond donors (Lipinski definition) is 22. The van der Waals surface area contributed by atoms with Crippen LogP contribution in [0.2, 0.25) is 0 Å². The molecule has 0 bridgehead atoms. The minimum atomic E-state index is -1.75. The average Bonchev–Trinajstić information content (AvgIpc) is 3.26. The third-order valence-corrected chi connectivity index (χ3v) is 11.3. The van der Waals surface area contributed by atoms with Crippen LogP contribution < -0.4 is 0 Å². The Balaban J connectivity index is -0.000000161. The molecular weight excluding hydrogens is 977 g/mol. The molecule has 0 saturated carbocycles. The van der Waals surface area contributed by atoms with Crippen molar-refractivity contribution >= 4 is 0 Å². The zero-order chi connectivity index (χ0) is 54.4. The Hall–Kier alpha value is -1.00. The summed E-state index contributed by atoms with van der Waals surface area (Å²) in [5.74, 6) is 0. The van der Waals surface area contributed by atoms with E-state index in [0.29, 0.717) is 0 Å². The van der Waals surface area contributed by atoms with Gasteiger partial charge in [-0.25, -0.2) is 0 Å². The lowest BCUT2D eigenvalue weighted by atomic mass is 9.80. The van der Waals surface area contributed by atoms with E-state index in [1.165, 1.54) is 0 Å². The standard InChI is InChI=1S/C15H30O10.C10H20O5.2C9H20O5.5CH4/c1-15(2,3)13(23)11(22)12(6(18)4-16)25-14-10(21)9(20)8(19)7(5-17)24-14;1-10(2,3)9-8(14)7(13)6(12)5(4-11)15-9;2*1-9(2,3)8(14)7(13)6(12)5(11)4-10;;;;;/h6-14,16-23H,4-5H2,1-3H3;5-9,11-14H,4H2,1-3H3;2*5-8,10-14H,4H2,1-3H3;5*1H4/t6-,7?,8+,9+,10?,11+,12-,13-,14+;5?,6-,7-,8?,9+;5-,6+,7+,8-;5-,6-,7+,8-;;;;;/m1011...../s1. The maximum atomic E-state index is 10.3. The summed E-state index contributed by atoms with van der Waals surface area (Å²) in [7, 11) is 0. The highest BCUT2D eigenvalue weighted by Gasteiger charge is 2.49. The van der Waals surface area contributed by atoms with Gasteiger partial charge in [-0.3, -0.25) is 0 Å². The monoisotopic (exact) mass is 1090 g/mol. The molecule has 0 aromatic carbocycles. The first kappa shape index (κ1) is 85.9. The van der Waals surface area contributed by atoms with Gasteiger partial charge < -0.3 is 127 Å². The molecule has 2 aliphatic rings. The molecule has 4 unspecified atom stereocenters. The molecule has 2 saturated heterocycles. The van der Waals surface area contributed by atoms with E-state index in [9.17, 15) is 81.7 Å². The molecule has 25 heteroatoms. The van der Waals surface area contributed by atoms with E-state index < -0.39 is 177 Å². The fourth-order valence-electron chi connectivity index (χ4n) is 6.42. The Labute approximate surface area is 435 Å². The number of aliphatic hydroxyl groups excluding tert-OH is 22. The fourth-order valence-corrected chi connectivity index (χ4v) is 6.42. The molecule has 2 heterocycles. The van der Waals surface area contributed by atoms with Crippen molar-refractivity contribution < 1.29 is 127 Å². The van der Waals surface area contributed by atoms with Crippen molar-refractivity contribution in [1.82, 2.24) is 0 Å². The minimum Gasteiger partial charge on any atom is -0.394 e. The number of rotatable bonds is 16. The lowest BCUT2D eigenvalue weighted by molar-refractivity contribution is -0.328. The number of aliphatic hydroxyl groups is 22. The molecule has 25 nitrogen and oxygen atoms in total. The Kier molecular flexibility index (Phi) is 43.5. The van der Waals surface area contributed by atoms with Gasteiger partial charge in [-0.05, 0) is 21.7 Å². The van der Waals surface area contributed by atoms with E-state index in [0.717, 1.165) is 0 Å². The van der Waals surface area contributed by atoms with Gasteiger partial charge in [0.15, 0.2) is 6.29 Å². The first-order valence-corrected chi connectivity index (χ1v) is 22.2. The van der Waals surface area contributed by atoms with Crippen LogP contribution >= 0.6 is 0 Å². The van der Waals surface area contributed by atoms with Crippen LogP contribution in [0.3, 0.4) is 0 Å².